The van der Waals surface area contributed by atoms with Gasteiger partial charge in [0.25, 0.3) is 0 Å². The van der Waals surface area contributed by atoms with Gasteiger partial charge in [0.15, 0.2) is 11.7 Å². The number of carbonyl (C=O) groups is 2. The topological polar surface area (TPSA) is 84.2 Å². The number of aryl methyl sites for hydroxylation is 1. The molecule has 0 bridgehead atoms. The summed E-state index contributed by atoms with van der Waals surface area (Å²) >= 11 is 5.80. The van der Waals surface area contributed by atoms with Crippen molar-refractivity contribution in [3.05, 3.63) is 77.3 Å². The molecule has 3 aromatic rings. The minimum Gasteiger partial charge on any atom is -0.441 e. The molecule has 2 amide bonds. The molecule has 3 rings (SSSR count). The summed E-state index contributed by atoms with van der Waals surface area (Å²) < 4.78 is 5.65. The maximum atomic E-state index is 11.9. The first-order valence-corrected chi connectivity index (χ1v) is 8.80. The number of nitrogens with one attached hydrogen (secondary N) is 2. The fourth-order valence-corrected chi connectivity index (χ4v) is 2.54. The van der Waals surface area contributed by atoms with Crippen molar-refractivity contribution in [3.63, 3.8) is 0 Å². The number of hydrogen-bond donors (Lipinski definition) is 2. The molecule has 138 valence electrons. The Kier molecular flexibility index (Phi) is 6.22. The first kappa shape index (κ1) is 18.7. The van der Waals surface area contributed by atoms with Crippen molar-refractivity contribution in [3.8, 4) is 11.3 Å². The van der Waals surface area contributed by atoms with E-state index >= 15 is 0 Å². The highest BCUT2D eigenvalue weighted by Crippen LogP contribution is 2.20. The van der Waals surface area contributed by atoms with Gasteiger partial charge in [0.1, 0.15) is 0 Å². The zero-order valence-electron chi connectivity index (χ0n) is 14.4. The summed E-state index contributed by atoms with van der Waals surface area (Å²) in [6.07, 6.45) is 2.27. The number of carbonyl (C=O) groups excluding carboxylic acids is 2. The fourth-order valence-electron chi connectivity index (χ4n) is 2.42. The van der Waals surface area contributed by atoms with Crippen molar-refractivity contribution in [2.75, 3.05) is 0 Å². The highest BCUT2D eigenvalue weighted by atomic mass is 35.5. The van der Waals surface area contributed by atoms with E-state index in [-0.39, 0.29) is 24.7 Å². The summed E-state index contributed by atoms with van der Waals surface area (Å²) in [5.41, 5.74) is 6.51. The van der Waals surface area contributed by atoms with Gasteiger partial charge in [0.2, 0.25) is 11.8 Å². The zero-order valence-corrected chi connectivity index (χ0v) is 15.2. The van der Waals surface area contributed by atoms with Gasteiger partial charge in [-0.05, 0) is 17.7 Å². The number of rotatable bonds is 6. The van der Waals surface area contributed by atoms with E-state index in [0.717, 1.165) is 11.1 Å². The number of aromatic nitrogens is 1. The smallest absolute Gasteiger partial charge is 0.242 e. The Morgan fingerprint density at radius 2 is 1.67 bits per heavy atom. The number of nitrogens with zero attached hydrogens (tertiary/aromatic N) is 1. The second-order valence-electron chi connectivity index (χ2n) is 5.88. The lowest BCUT2D eigenvalue weighted by Gasteiger charge is -2.07. The Morgan fingerprint density at radius 3 is 2.41 bits per heavy atom. The lowest BCUT2D eigenvalue weighted by molar-refractivity contribution is -0.128. The monoisotopic (exact) mass is 383 g/mol. The van der Waals surface area contributed by atoms with Gasteiger partial charge in [-0.1, -0.05) is 54.1 Å². The van der Waals surface area contributed by atoms with Crippen molar-refractivity contribution < 1.29 is 14.0 Å². The molecular formula is C20H18ClN3O3. The third-order valence-corrected chi connectivity index (χ3v) is 4.05. The largest absolute Gasteiger partial charge is 0.441 e. The molecule has 0 fully saturated rings. The summed E-state index contributed by atoms with van der Waals surface area (Å²) in [4.78, 5) is 27.9. The van der Waals surface area contributed by atoms with Crippen LogP contribution in [0.5, 0.6) is 0 Å². The van der Waals surface area contributed by atoms with Crippen LogP contribution in [0.4, 0.5) is 0 Å². The van der Waals surface area contributed by atoms with Crippen LogP contribution >= 0.6 is 11.6 Å². The molecule has 2 aromatic carbocycles. The Morgan fingerprint density at radius 1 is 0.963 bits per heavy atom. The maximum Gasteiger partial charge on any atom is 0.242 e. The van der Waals surface area contributed by atoms with E-state index in [1.54, 1.807) is 30.5 Å². The SMILES string of the molecule is O=C(CCc1ncc(-c2ccccc2)o1)NNC(=O)Cc1ccc(Cl)cc1. The van der Waals surface area contributed by atoms with Gasteiger partial charge in [-0.3, -0.25) is 20.4 Å². The molecule has 0 spiro atoms. The molecule has 0 radical (unpaired) electrons. The van der Waals surface area contributed by atoms with Crippen LogP contribution in [-0.2, 0) is 22.4 Å². The number of benzene rings is 2. The van der Waals surface area contributed by atoms with Gasteiger partial charge in [-0.2, -0.15) is 0 Å². The lowest BCUT2D eigenvalue weighted by Crippen LogP contribution is -2.42. The quantitative estimate of drug-likeness (QED) is 0.639. The third-order valence-electron chi connectivity index (χ3n) is 3.80. The normalized spacial score (nSPS) is 10.4. The summed E-state index contributed by atoms with van der Waals surface area (Å²) in [6, 6.07) is 16.5. The third kappa shape index (κ3) is 5.69. The number of halogens is 1. The highest BCUT2D eigenvalue weighted by Gasteiger charge is 2.10. The van der Waals surface area contributed by atoms with Crippen LogP contribution in [0.3, 0.4) is 0 Å². The first-order chi connectivity index (χ1) is 13.1. The molecular weight excluding hydrogens is 366 g/mol. The van der Waals surface area contributed by atoms with Crippen molar-refractivity contribution in [1.29, 1.82) is 0 Å². The molecule has 0 unspecified atom stereocenters. The summed E-state index contributed by atoms with van der Waals surface area (Å²) in [5, 5.41) is 0.606. The highest BCUT2D eigenvalue weighted by molar-refractivity contribution is 6.30. The molecule has 2 N–H and O–H groups in total. The number of amides is 2. The average molecular weight is 384 g/mol. The molecule has 0 aliphatic rings. The van der Waals surface area contributed by atoms with Crippen LogP contribution in [0, 0.1) is 0 Å². The minimum atomic E-state index is -0.320. The standard InChI is InChI=1S/C20H18ClN3O3/c21-16-8-6-14(7-9-16)12-19(26)24-23-18(25)10-11-20-22-13-17(27-20)15-4-2-1-3-5-15/h1-9,13H,10-12H2,(H,23,25)(H,24,26). The Balaban J connectivity index is 1.41. The zero-order chi connectivity index (χ0) is 19.1. The van der Waals surface area contributed by atoms with E-state index in [1.165, 1.54) is 0 Å². The summed E-state index contributed by atoms with van der Waals surface area (Å²) in [7, 11) is 0. The predicted molar refractivity (Wildman–Crippen MR) is 102 cm³/mol. The molecule has 1 aromatic heterocycles. The van der Waals surface area contributed by atoms with Gasteiger partial charge < -0.3 is 4.42 Å². The molecule has 27 heavy (non-hydrogen) atoms. The summed E-state index contributed by atoms with van der Waals surface area (Å²) in [5.74, 6) is 0.492. The van der Waals surface area contributed by atoms with E-state index in [0.29, 0.717) is 23.1 Å². The summed E-state index contributed by atoms with van der Waals surface area (Å²) in [6.45, 7) is 0. The minimum absolute atomic E-state index is 0.149. The predicted octanol–water partition coefficient (Wildman–Crippen LogP) is 3.32. The van der Waals surface area contributed by atoms with Crippen LogP contribution < -0.4 is 10.9 Å². The molecule has 1 heterocycles. The van der Waals surface area contributed by atoms with Crippen molar-refractivity contribution in [2.45, 2.75) is 19.3 Å². The van der Waals surface area contributed by atoms with E-state index < -0.39 is 0 Å². The van der Waals surface area contributed by atoms with Crippen LogP contribution in [-0.4, -0.2) is 16.8 Å². The fraction of sp³-hybridized carbons (Fsp3) is 0.150. The number of hydrogen-bond acceptors (Lipinski definition) is 4. The van der Waals surface area contributed by atoms with E-state index in [1.807, 2.05) is 30.3 Å². The Hall–Kier alpha value is -3.12. The molecule has 0 saturated carbocycles. The number of oxazole rings is 1. The van der Waals surface area contributed by atoms with E-state index in [2.05, 4.69) is 15.8 Å². The first-order valence-electron chi connectivity index (χ1n) is 8.42. The molecule has 0 aliphatic heterocycles. The Bertz CT molecular complexity index is 908. The van der Waals surface area contributed by atoms with E-state index in [9.17, 15) is 9.59 Å². The average Bonchev–Trinajstić information content (AvgIpc) is 3.16. The molecule has 0 saturated heterocycles. The van der Waals surface area contributed by atoms with Crippen LogP contribution in [0.1, 0.15) is 17.9 Å². The van der Waals surface area contributed by atoms with Gasteiger partial charge in [0.05, 0.1) is 12.6 Å². The van der Waals surface area contributed by atoms with Crippen LogP contribution in [0.15, 0.2) is 65.2 Å². The molecule has 7 heteroatoms. The second-order valence-corrected chi connectivity index (χ2v) is 6.32. The molecule has 0 aliphatic carbocycles. The van der Waals surface area contributed by atoms with Crippen molar-refractivity contribution in [2.24, 2.45) is 0 Å². The Labute approximate surface area is 161 Å². The maximum absolute atomic E-state index is 11.9. The molecule has 6 nitrogen and oxygen atoms in total. The van der Waals surface area contributed by atoms with Gasteiger partial charge in [-0.15, -0.1) is 0 Å². The van der Waals surface area contributed by atoms with E-state index in [4.69, 9.17) is 16.0 Å². The van der Waals surface area contributed by atoms with Gasteiger partial charge in [-0.25, -0.2) is 4.98 Å². The van der Waals surface area contributed by atoms with Crippen LogP contribution in [0.2, 0.25) is 5.02 Å². The lowest BCUT2D eigenvalue weighted by atomic mass is 10.1. The second kappa shape index (κ2) is 9.00. The molecule has 0 atom stereocenters. The van der Waals surface area contributed by atoms with Crippen molar-refractivity contribution >= 4 is 23.4 Å². The van der Waals surface area contributed by atoms with Crippen molar-refractivity contribution in [1.82, 2.24) is 15.8 Å². The van der Waals surface area contributed by atoms with Gasteiger partial charge in [0, 0.05) is 23.4 Å². The number of hydrazine groups is 1. The van der Waals surface area contributed by atoms with Gasteiger partial charge >= 0.3 is 0 Å². The van der Waals surface area contributed by atoms with Crippen LogP contribution in [0.25, 0.3) is 11.3 Å².